The molecule has 0 aromatic heterocycles. The molecule has 0 saturated carbocycles. The highest BCUT2D eigenvalue weighted by Gasteiger charge is 2.19. The van der Waals surface area contributed by atoms with Crippen molar-refractivity contribution in [3.63, 3.8) is 0 Å². The van der Waals surface area contributed by atoms with E-state index in [1.54, 1.807) is 0 Å². The van der Waals surface area contributed by atoms with Crippen LogP contribution in [0.1, 0.15) is 48.9 Å². The van der Waals surface area contributed by atoms with Crippen LogP contribution >= 0.6 is 0 Å². The third-order valence-electron chi connectivity index (χ3n) is 5.23. The maximum atomic E-state index is 12.7. The molecular formula is C25H29N2O+. The highest BCUT2D eigenvalue weighted by Crippen LogP contribution is 2.26. The molecule has 0 heterocycles. The van der Waals surface area contributed by atoms with Gasteiger partial charge in [0.25, 0.3) is 5.91 Å². The molecule has 0 aliphatic heterocycles. The average Bonchev–Trinajstić information content (AvgIpc) is 2.75. The van der Waals surface area contributed by atoms with Crippen LogP contribution in [0.3, 0.4) is 0 Å². The number of benzene rings is 3. The van der Waals surface area contributed by atoms with E-state index in [1.807, 2.05) is 54.6 Å². The van der Waals surface area contributed by atoms with Crippen LogP contribution in [0.4, 0.5) is 5.69 Å². The Labute approximate surface area is 167 Å². The highest BCUT2D eigenvalue weighted by molar-refractivity contribution is 5.92. The van der Waals surface area contributed by atoms with Crippen molar-refractivity contribution in [2.24, 2.45) is 0 Å². The second kappa shape index (κ2) is 9.86. The molecule has 144 valence electrons. The number of rotatable bonds is 8. The Hall–Kier alpha value is -2.91. The quantitative estimate of drug-likeness (QED) is 0.600. The number of quaternary nitrogens is 1. The fourth-order valence-corrected chi connectivity index (χ4v) is 3.47. The lowest BCUT2D eigenvalue weighted by Gasteiger charge is -2.18. The van der Waals surface area contributed by atoms with Gasteiger partial charge in [0.05, 0.1) is 0 Å². The molecule has 0 spiro atoms. The Bertz CT molecular complexity index is 838. The lowest BCUT2D eigenvalue weighted by molar-refractivity contribution is -0.676. The van der Waals surface area contributed by atoms with Gasteiger partial charge in [-0.15, -0.1) is 0 Å². The summed E-state index contributed by atoms with van der Waals surface area (Å²) in [6.45, 7) is 4.72. The van der Waals surface area contributed by atoms with Crippen LogP contribution in [0.15, 0.2) is 84.9 Å². The first-order valence-corrected chi connectivity index (χ1v) is 10.0. The zero-order chi connectivity index (χ0) is 19.8. The minimum Gasteiger partial charge on any atom is -0.328 e. The van der Waals surface area contributed by atoms with Crippen molar-refractivity contribution in [1.82, 2.24) is 0 Å². The van der Waals surface area contributed by atoms with Gasteiger partial charge in [-0.05, 0) is 24.0 Å². The van der Waals surface area contributed by atoms with E-state index >= 15 is 0 Å². The predicted molar refractivity (Wildman–Crippen MR) is 115 cm³/mol. The van der Waals surface area contributed by atoms with E-state index in [1.165, 1.54) is 16.7 Å². The molecule has 0 radical (unpaired) electrons. The molecule has 1 amide bonds. The van der Waals surface area contributed by atoms with E-state index < -0.39 is 0 Å². The molecule has 0 fully saturated rings. The smallest absolute Gasteiger partial charge is 0.279 e. The molecule has 0 unspecified atom stereocenters. The van der Waals surface area contributed by atoms with Crippen molar-refractivity contribution in [2.45, 2.75) is 32.2 Å². The predicted octanol–water partition coefficient (Wildman–Crippen LogP) is 4.49. The van der Waals surface area contributed by atoms with Crippen molar-refractivity contribution >= 4 is 11.6 Å². The Morgan fingerprint density at radius 1 is 0.857 bits per heavy atom. The summed E-state index contributed by atoms with van der Waals surface area (Å²) in [6.07, 6.45) is 1.04. The van der Waals surface area contributed by atoms with Gasteiger partial charge in [-0.1, -0.05) is 92.7 Å². The zero-order valence-electron chi connectivity index (χ0n) is 16.6. The van der Waals surface area contributed by atoms with Gasteiger partial charge >= 0.3 is 0 Å². The van der Waals surface area contributed by atoms with E-state index in [-0.39, 0.29) is 11.9 Å². The van der Waals surface area contributed by atoms with E-state index in [0.717, 1.165) is 12.1 Å². The molecule has 3 aromatic rings. The number of amides is 1. The molecule has 0 aliphatic carbocycles. The molecule has 0 saturated heterocycles. The lowest BCUT2D eigenvalue weighted by Crippen LogP contribution is -2.87. The van der Waals surface area contributed by atoms with Crippen molar-refractivity contribution in [1.29, 1.82) is 0 Å². The van der Waals surface area contributed by atoms with E-state index in [0.29, 0.717) is 12.5 Å². The first-order chi connectivity index (χ1) is 13.7. The van der Waals surface area contributed by atoms with Gasteiger partial charge in [0.2, 0.25) is 0 Å². The molecule has 28 heavy (non-hydrogen) atoms. The van der Waals surface area contributed by atoms with E-state index in [4.69, 9.17) is 0 Å². The number of carbonyl (C=O) groups is 1. The molecule has 3 aromatic carbocycles. The summed E-state index contributed by atoms with van der Waals surface area (Å²) in [5.74, 6) is 0.439. The van der Waals surface area contributed by atoms with E-state index in [9.17, 15) is 4.79 Å². The average molecular weight is 374 g/mol. The Morgan fingerprint density at radius 2 is 1.39 bits per heavy atom. The molecular weight excluding hydrogens is 344 g/mol. The summed E-state index contributed by atoms with van der Waals surface area (Å²) in [5, 5.41) is 5.22. The van der Waals surface area contributed by atoms with Crippen LogP contribution in [0.25, 0.3) is 0 Å². The summed E-state index contributed by atoms with van der Waals surface area (Å²) in [5.41, 5.74) is 4.51. The number of nitrogens with two attached hydrogens (primary N) is 1. The fourth-order valence-electron chi connectivity index (χ4n) is 3.47. The van der Waals surface area contributed by atoms with Gasteiger partial charge in [-0.2, -0.15) is 0 Å². The first-order valence-electron chi connectivity index (χ1n) is 10.0. The lowest BCUT2D eigenvalue weighted by atomic mass is 9.97. The molecule has 0 bridgehead atoms. The topological polar surface area (TPSA) is 45.7 Å². The van der Waals surface area contributed by atoms with Crippen molar-refractivity contribution < 1.29 is 10.1 Å². The number of para-hydroxylation sites is 1. The second-order valence-corrected chi connectivity index (χ2v) is 7.18. The van der Waals surface area contributed by atoms with Crippen molar-refractivity contribution in [3.05, 3.63) is 102 Å². The second-order valence-electron chi connectivity index (χ2n) is 7.18. The number of hydrogen-bond acceptors (Lipinski definition) is 1. The summed E-state index contributed by atoms with van der Waals surface area (Å²) < 4.78 is 0. The van der Waals surface area contributed by atoms with Crippen LogP contribution in [-0.2, 0) is 4.79 Å². The van der Waals surface area contributed by atoms with Crippen LogP contribution in [-0.4, -0.2) is 12.5 Å². The van der Waals surface area contributed by atoms with E-state index in [2.05, 4.69) is 54.8 Å². The Kier molecular flexibility index (Phi) is 6.99. The largest absolute Gasteiger partial charge is 0.328 e. The van der Waals surface area contributed by atoms with Gasteiger partial charge < -0.3 is 10.6 Å². The third kappa shape index (κ3) is 5.08. The number of carbonyl (C=O) groups excluding carboxylic acids is 1. The normalized spacial score (nSPS) is 12.0. The van der Waals surface area contributed by atoms with Gasteiger partial charge in [-0.25, -0.2) is 0 Å². The van der Waals surface area contributed by atoms with Gasteiger partial charge in [0.15, 0.2) is 6.54 Å². The van der Waals surface area contributed by atoms with Gasteiger partial charge in [-0.3, -0.25) is 4.79 Å². The SMILES string of the molecule is CC[C@@H](C)c1ccccc1NC(=O)C[NH2+]C(c1ccccc1)c1ccccc1. The summed E-state index contributed by atoms with van der Waals surface area (Å²) in [7, 11) is 0. The molecule has 3 heteroatoms. The van der Waals surface area contributed by atoms with Crippen LogP contribution in [0, 0.1) is 0 Å². The Balaban J connectivity index is 1.71. The minimum absolute atomic E-state index is 0.0209. The summed E-state index contributed by atoms with van der Waals surface area (Å²) in [6, 6.07) is 28.9. The first kappa shape index (κ1) is 19.8. The molecule has 3 N–H and O–H groups in total. The fraction of sp³-hybridized carbons (Fsp3) is 0.240. The number of hydrogen-bond donors (Lipinski definition) is 2. The zero-order valence-corrected chi connectivity index (χ0v) is 16.6. The summed E-state index contributed by atoms with van der Waals surface area (Å²) in [4.78, 5) is 12.7. The molecule has 1 atom stereocenters. The summed E-state index contributed by atoms with van der Waals surface area (Å²) >= 11 is 0. The maximum Gasteiger partial charge on any atom is 0.279 e. The number of anilines is 1. The maximum absolute atomic E-state index is 12.7. The van der Waals surface area contributed by atoms with Gasteiger partial charge in [0, 0.05) is 16.8 Å². The highest BCUT2D eigenvalue weighted by atomic mass is 16.1. The monoisotopic (exact) mass is 373 g/mol. The van der Waals surface area contributed by atoms with Gasteiger partial charge in [0.1, 0.15) is 6.04 Å². The van der Waals surface area contributed by atoms with Crippen LogP contribution in [0.5, 0.6) is 0 Å². The Morgan fingerprint density at radius 3 is 1.96 bits per heavy atom. The molecule has 3 nitrogen and oxygen atoms in total. The third-order valence-corrected chi connectivity index (χ3v) is 5.23. The molecule has 0 aliphatic rings. The van der Waals surface area contributed by atoms with Crippen molar-refractivity contribution in [2.75, 3.05) is 11.9 Å². The van der Waals surface area contributed by atoms with Crippen molar-refractivity contribution in [3.8, 4) is 0 Å². The minimum atomic E-state index is 0.0209. The standard InChI is InChI=1S/C25H28N2O/c1-3-19(2)22-16-10-11-17-23(22)27-24(28)18-26-25(20-12-6-4-7-13-20)21-14-8-5-9-15-21/h4-17,19,25-26H,3,18H2,1-2H3,(H,27,28)/p+1/t19-/m1/s1. The molecule has 3 rings (SSSR count). The number of nitrogens with one attached hydrogen (secondary N) is 1. The van der Waals surface area contributed by atoms with Crippen LogP contribution < -0.4 is 10.6 Å². The van der Waals surface area contributed by atoms with Crippen LogP contribution in [0.2, 0.25) is 0 Å².